The second-order valence-corrected chi connectivity index (χ2v) is 18.5. The highest BCUT2D eigenvalue weighted by Crippen LogP contribution is 2.32. The van der Waals surface area contributed by atoms with E-state index in [0.717, 1.165) is 67.2 Å². The second kappa shape index (κ2) is 27.9. The molecule has 3 aliphatic rings. The molecule has 0 radical (unpaired) electrons. The van der Waals surface area contributed by atoms with Gasteiger partial charge in [0.05, 0.1) is 45.6 Å². The molecular formula is C53H66N10O9S. The maximum absolute atomic E-state index is 13.2. The number of hydrogen-bond acceptors (Lipinski definition) is 15. The summed E-state index contributed by atoms with van der Waals surface area (Å²) in [4.78, 5) is 73.5. The number of unbranched alkanes of at least 4 members (excludes halogenated alkanes) is 5. The van der Waals surface area contributed by atoms with Crippen molar-refractivity contribution in [2.45, 2.75) is 109 Å². The summed E-state index contributed by atoms with van der Waals surface area (Å²) in [6.45, 7) is 6.40. The lowest BCUT2D eigenvalue weighted by Gasteiger charge is -2.29. The summed E-state index contributed by atoms with van der Waals surface area (Å²) in [6.07, 6.45) is 11.2. The minimum Gasteiger partial charge on any atom is -0.494 e. The molecule has 0 saturated carbocycles. The third-order valence-corrected chi connectivity index (χ3v) is 13.3. The molecule has 73 heavy (non-hydrogen) atoms. The number of amides is 5. The fourth-order valence-electron chi connectivity index (χ4n) is 8.62. The SMILES string of the molecule is C[C@H](NC(=O)c1cccc(NCc2nnc(C3CC=NC=N3)n2C)c1)C(=S)c1ccc(OCCCCCCOCCOCCOCCCCCC(=O)Nc2cccc3c2CN(C2CCC(=O)NC2=O)C3=O)cc1. The van der Waals surface area contributed by atoms with Crippen LogP contribution in [0, 0.1) is 0 Å². The van der Waals surface area contributed by atoms with Gasteiger partial charge in [-0.3, -0.25) is 34.3 Å². The summed E-state index contributed by atoms with van der Waals surface area (Å²) < 4.78 is 24.9. The Morgan fingerprint density at radius 3 is 2.27 bits per heavy atom. The number of carbonyl (C=O) groups is 5. The molecule has 3 atom stereocenters. The standard InChI is InChI=1S/C53H66N10O9S/c1-36(57-51(66)38-12-10-13-39(32-38)55-33-46-60-61-50(62(46)2)44-23-24-54-35-56-44)49(73)37-17-19-40(20-18-37)72-27-9-4-3-7-25-69-28-30-71-31-29-70-26-8-5-6-16-47(64)58-43-15-11-14-41-42(43)34-63(53(41)68)45-21-22-48(65)59-52(45)67/h10-15,17-20,24,32,35-36,44-45,55H,3-9,16,21-23,25-31,33-34H2,1-2H3,(H,57,66)(H,58,64)(H,59,65,67)/t36-,44?,45?/m0/s1. The molecule has 388 valence electrons. The second-order valence-electron chi connectivity index (χ2n) is 18.1. The van der Waals surface area contributed by atoms with Crippen LogP contribution in [0.5, 0.6) is 5.75 Å². The quantitative estimate of drug-likeness (QED) is 0.0191. The zero-order valence-electron chi connectivity index (χ0n) is 41.6. The Kier molecular flexibility index (Phi) is 20.7. The lowest BCUT2D eigenvalue weighted by molar-refractivity contribution is -0.137. The topological polar surface area (TPSA) is 229 Å². The summed E-state index contributed by atoms with van der Waals surface area (Å²) in [5, 5.41) is 20.3. The maximum Gasteiger partial charge on any atom is 0.255 e. The van der Waals surface area contributed by atoms with Crippen LogP contribution in [-0.4, -0.2) is 125 Å². The molecule has 0 aliphatic carbocycles. The largest absolute Gasteiger partial charge is 0.494 e. The number of benzene rings is 3. The smallest absolute Gasteiger partial charge is 0.255 e. The molecule has 4 heterocycles. The molecule has 5 amide bonds. The van der Waals surface area contributed by atoms with Crippen molar-refractivity contribution >= 4 is 70.5 Å². The molecule has 1 saturated heterocycles. The predicted octanol–water partition coefficient (Wildman–Crippen LogP) is 6.46. The Hall–Kier alpha value is -6.74. The van der Waals surface area contributed by atoms with Gasteiger partial charge in [0.15, 0.2) is 11.6 Å². The van der Waals surface area contributed by atoms with E-state index in [4.69, 9.17) is 31.2 Å². The number of anilines is 2. The van der Waals surface area contributed by atoms with E-state index in [1.54, 1.807) is 30.3 Å². The first-order valence-corrected chi connectivity index (χ1v) is 25.6. The van der Waals surface area contributed by atoms with E-state index >= 15 is 0 Å². The van der Waals surface area contributed by atoms with Gasteiger partial charge in [-0.25, -0.2) is 4.99 Å². The van der Waals surface area contributed by atoms with Crippen LogP contribution < -0.4 is 26.0 Å². The third-order valence-electron chi connectivity index (χ3n) is 12.7. The zero-order valence-corrected chi connectivity index (χ0v) is 42.5. The van der Waals surface area contributed by atoms with Crippen LogP contribution in [-0.2, 0) is 48.7 Å². The number of nitrogens with one attached hydrogen (secondary N) is 4. The molecule has 4 aromatic rings. The van der Waals surface area contributed by atoms with E-state index in [1.165, 1.54) is 11.2 Å². The zero-order chi connectivity index (χ0) is 51.4. The molecule has 3 aromatic carbocycles. The number of aliphatic imine (C=N–C) groups is 2. The van der Waals surface area contributed by atoms with Gasteiger partial charge in [-0.2, -0.15) is 0 Å². The van der Waals surface area contributed by atoms with Crippen LogP contribution in [0.15, 0.2) is 76.7 Å². The number of piperidine rings is 1. The number of ether oxygens (including phenoxy) is 4. The van der Waals surface area contributed by atoms with E-state index in [1.807, 2.05) is 61.2 Å². The molecular weight excluding hydrogens is 953 g/mol. The van der Waals surface area contributed by atoms with Gasteiger partial charge in [-0.05, 0) is 93.5 Å². The van der Waals surface area contributed by atoms with Crippen molar-refractivity contribution in [1.82, 2.24) is 30.3 Å². The number of carbonyl (C=O) groups excluding carboxylic acids is 5. The molecule has 3 aliphatic heterocycles. The van der Waals surface area contributed by atoms with Crippen molar-refractivity contribution in [2.24, 2.45) is 17.0 Å². The van der Waals surface area contributed by atoms with Gasteiger partial charge in [0.2, 0.25) is 17.7 Å². The number of thiocarbonyl (C=S) groups is 1. The lowest BCUT2D eigenvalue weighted by atomic mass is 10.0. The van der Waals surface area contributed by atoms with Crippen molar-refractivity contribution in [3.8, 4) is 5.75 Å². The normalized spacial score (nSPS) is 16.5. The molecule has 1 aromatic heterocycles. The Balaban J connectivity index is 0.649. The molecule has 0 spiro atoms. The lowest BCUT2D eigenvalue weighted by Crippen LogP contribution is -2.52. The molecule has 1 fully saturated rings. The summed E-state index contributed by atoms with van der Waals surface area (Å²) in [7, 11) is 1.92. The number of fused-ring (bicyclic) bond motifs is 1. The van der Waals surface area contributed by atoms with Gasteiger partial charge in [0.1, 0.15) is 24.2 Å². The van der Waals surface area contributed by atoms with Crippen molar-refractivity contribution in [3.05, 3.63) is 101 Å². The Labute approximate surface area is 431 Å². The van der Waals surface area contributed by atoms with Gasteiger partial charge in [0.25, 0.3) is 11.8 Å². The van der Waals surface area contributed by atoms with Crippen LogP contribution in [0.2, 0.25) is 0 Å². The van der Waals surface area contributed by atoms with E-state index < -0.39 is 11.9 Å². The molecule has 4 N–H and O–H groups in total. The van der Waals surface area contributed by atoms with Gasteiger partial charge < -0.3 is 44.4 Å². The molecule has 2 unspecified atom stereocenters. The van der Waals surface area contributed by atoms with Gasteiger partial charge in [-0.1, -0.05) is 49.3 Å². The van der Waals surface area contributed by atoms with Crippen LogP contribution >= 0.6 is 12.2 Å². The molecule has 0 bridgehead atoms. The van der Waals surface area contributed by atoms with Crippen LogP contribution in [0.25, 0.3) is 0 Å². The maximum atomic E-state index is 13.2. The summed E-state index contributed by atoms with van der Waals surface area (Å²) in [6, 6.07) is 19.0. The highest BCUT2D eigenvalue weighted by molar-refractivity contribution is 7.81. The Bertz CT molecular complexity index is 2600. The first-order valence-electron chi connectivity index (χ1n) is 25.2. The number of imide groups is 1. The molecule has 20 heteroatoms. The average molecular weight is 1020 g/mol. The molecule has 19 nitrogen and oxygen atoms in total. The predicted molar refractivity (Wildman–Crippen MR) is 280 cm³/mol. The van der Waals surface area contributed by atoms with Gasteiger partial charge in [-0.15, -0.1) is 10.2 Å². The van der Waals surface area contributed by atoms with Crippen LogP contribution in [0.1, 0.15) is 127 Å². The van der Waals surface area contributed by atoms with Crippen molar-refractivity contribution < 1.29 is 42.9 Å². The van der Waals surface area contributed by atoms with Crippen molar-refractivity contribution in [3.63, 3.8) is 0 Å². The summed E-state index contributed by atoms with van der Waals surface area (Å²) in [5.41, 5.74) is 3.86. The van der Waals surface area contributed by atoms with Crippen molar-refractivity contribution in [2.75, 3.05) is 56.9 Å². The van der Waals surface area contributed by atoms with E-state index in [-0.39, 0.29) is 55.1 Å². The fraction of sp³-hybridized carbons (Fsp3) is 0.472. The minimum atomic E-state index is -0.706. The average Bonchev–Trinajstić information content (AvgIpc) is 3.94. The monoisotopic (exact) mass is 1020 g/mol. The van der Waals surface area contributed by atoms with Crippen LogP contribution in [0.3, 0.4) is 0 Å². The van der Waals surface area contributed by atoms with E-state index in [9.17, 15) is 24.0 Å². The van der Waals surface area contributed by atoms with Gasteiger partial charge in [0, 0.05) is 85.2 Å². The first kappa shape index (κ1) is 54.0. The third kappa shape index (κ3) is 15.9. The Morgan fingerprint density at radius 2 is 1.55 bits per heavy atom. The summed E-state index contributed by atoms with van der Waals surface area (Å²) >= 11 is 5.75. The fourth-order valence-corrected chi connectivity index (χ4v) is 8.81. The van der Waals surface area contributed by atoms with Gasteiger partial charge >= 0.3 is 0 Å². The highest BCUT2D eigenvalue weighted by atomic mass is 32.1. The number of rotatable bonds is 30. The van der Waals surface area contributed by atoms with E-state index in [0.29, 0.717) is 99.3 Å². The number of aromatic nitrogens is 3. The highest BCUT2D eigenvalue weighted by Gasteiger charge is 2.40. The van der Waals surface area contributed by atoms with Crippen LogP contribution in [0.4, 0.5) is 11.4 Å². The number of nitrogens with zero attached hydrogens (tertiary/aromatic N) is 6. The Morgan fingerprint density at radius 1 is 0.836 bits per heavy atom. The number of hydrogen-bond donors (Lipinski definition) is 4. The van der Waals surface area contributed by atoms with E-state index in [2.05, 4.69) is 41.4 Å². The molecule has 7 rings (SSSR count). The first-order chi connectivity index (χ1) is 35.5. The van der Waals surface area contributed by atoms with Crippen molar-refractivity contribution in [1.29, 1.82) is 0 Å². The minimum absolute atomic E-state index is 0.0998. The summed E-state index contributed by atoms with van der Waals surface area (Å²) in [5.74, 6) is 0.864.